The minimum atomic E-state index is -3.75. The molecule has 0 aliphatic rings. The van der Waals surface area contributed by atoms with E-state index in [1.54, 1.807) is 0 Å². The summed E-state index contributed by atoms with van der Waals surface area (Å²) in [6.45, 7) is 1.92. The van der Waals surface area contributed by atoms with E-state index in [1.807, 2.05) is 6.92 Å². The van der Waals surface area contributed by atoms with Crippen LogP contribution >= 0.6 is 11.3 Å². The maximum atomic E-state index is 12.2. The van der Waals surface area contributed by atoms with Crippen molar-refractivity contribution >= 4 is 33.2 Å². The number of carbonyl (C=O) groups is 2. The number of aliphatic carboxylic acids is 1. The summed E-state index contributed by atoms with van der Waals surface area (Å²) in [4.78, 5) is 23.3. The zero-order valence-electron chi connectivity index (χ0n) is 12.7. The Kier molecular flexibility index (Phi) is 6.51. The van der Waals surface area contributed by atoms with Crippen LogP contribution in [-0.2, 0) is 14.8 Å². The summed E-state index contributed by atoms with van der Waals surface area (Å²) in [5.41, 5.74) is 0. The molecular weight excluding hydrogens is 328 g/mol. The van der Waals surface area contributed by atoms with Crippen molar-refractivity contribution in [2.24, 2.45) is 0 Å². The molecule has 0 aliphatic carbocycles. The minimum Gasteiger partial charge on any atom is -0.480 e. The van der Waals surface area contributed by atoms with E-state index in [1.165, 1.54) is 25.5 Å². The van der Waals surface area contributed by atoms with Crippen LogP contribution < -0.4 is 5.32 Å². The fraction of sp³-hybridized carbons (Fsp3) is 0.538. The molecule has 1 aromatic heterocycles. The molecule has 2 N–H and O–H groups in total. The monoisotopic (exact) mass is 348 g/mol. The summed E-state index contributed by atoms with van der Waals surface area (Å²) in [6.07, 6.45) is 1.77. The highest BCUT2D eigenvalue weighted by molar-refractivity contribution is 7.89. The summed E-state index contributed by atoms with van der Waals surface area (Å²) in [5, 5.41) is 13.0. The lowest BCUT2D eigenvalue weighted by Gasteiger charge is -2.15. The number of nitrogens with one attached hydrogen (secondary N) is 1. The lowest BCUT2D eigenvalue weighted by Crippen LogP contribution is -2.41. The van der Waals surface area contributed by atoms with E-state index in [2.05, 4.69) is 5.32 Å². The van der Waals surface area contributed by atoms with E-state index in [0.29, 0.717) is 12.8 Å². The second-order valence-corrected chi connectivity index (χ2v) is 7.94. The van der Waals surface area contributed by atoms with E-state index in [0.717, 1.165) is 22.1 Å². The number of nitrogens with zero attached hydrogens (tertiary/aromatic N) is 1. The van der Waals surface area contributed by atoms with Crippen LogP contribution in [0.15, 0.2) is 16.3 Å². The first-order chi connectivity index (χ1) is 10.2. The highest BCUT2D eigenvalue weighted by Gasteiger charge is 2.28. The molecule has 0 aromatic carbocycles. The van der Waals surface area contributed by atoms with E-state index < -0.39 is 27.9 Å². The highest BCUT2D eigenvalue weighted by Crippen LogP contribution is 2.24. The van der Waals surface area contributed by atoms with Gasteiger partial charge in [0.2, 0.25) is 10.0 Å². The molecular formula is C13H20N2O5S2. The minimum absolute atomic E-state index is 0.00329. The van der Waals surface area contributed by atoms with Gasteiger partial charge in [-0.3, -0.25) is 4.79 Å². The number of carboxylic acids is 1. The standard InChI is InChI=1S/C13H20N2O5S2/c1-4-5-6-9(13(17)18)14-12(16)11-10(7-8-21-11)22(19,20)15(2)3/h7-9H,4-6H2,1-3H3,(H,14,16)(H,17,18). The predicted octanol–water partition coefficient (Wildman–Crippen LogP) is 1.37. The number of thiophene rings is 1. The molecule has 124 valence electrons. The van der Waals surface area contributed by atoms with E-state index in [9.17, 15) is 18.0 Å². The van der Waals surface area contributed by atoms with Gasteiger partial charge in [0.25, 0.3) is 5.91 Å². The fourth-order valence-electron chi connectivity index (χ4n) is 1.75. The Balaban J connectivity index is 3.00. The smallest absolute Gasteiger partial charge is 0.326 e. The Bertz CT molecular complexity index is 637. The summed E-state index contributed by atoms with van der Waals surface area (Å²) in [5.74, 6) is -1.81. The van der Waals surface area contributed by atoms with Crippen LogP contribution in [0, 0.1) is 0 Å². The van der Waals surface area contributed by atoms with Crippen LogP contribution in [0.2, 0.25) is 0 Å². The molecule has 0 aliphatic heterocycles. The largest absolute Gasteiger partial charge is 0.480 e. The first-order valence-corrected chi connectivity index (χ1v) is 9.07. The molecule has 0 saturated heterocycles. The third-order valence-corrected chi connectivity index (χ3v) is 5.94. The quantitative estimate of drug-likeness (QED) is 0.738. The predicted molar refractivity (Wildman–Crippen MR) is 83.6 cm³/mol. The van der Waals surface area contributed by atoms with Crippen LogP contribution in [0.25, 0.3) is 0 Å². The summed E-state index contributed by atoms with van der Waals surface area (Å²) in [6, 6.07) is 0.320. The Hall–Kier alpha value is -1.45. The van der Waals surface area contributed by atoms with Gasteiger partial charge < -0.3 is 10.4 Å². The zero-order chi connectivity index (χ0) is 16.9. The van der Waals surface area contributed by atoms with Gasteiger partial charge in [0, 0.05) is 14.1 Å². The Morgan fingerprint density at radius 1 is 1.41 bits per heavy atom. The van der Waals surface area contributed by atoms with Gasteiger partial charge in [-0.15, -0.1) is 11.3 Å². The number of unbranched alkanes of at least 4 members (excludes halogenated alkanes) is 1. The van der Waals surface area contributed by atoms with Crippen molar-refractivity contribution in [2.75, 3.05) is 14.1 Å². The van der Waals surface area contributed by atoms with Gasteiger partial charge in [-0.2, -0.15) is 0 Å². The average Bonchev–Trinajstić information content (AvgIpc) is 2.92. The highest BCUT2D eigenvalue weighted by atomic mass is 32.2. The van der Waals surface area contributed by atoms with E-state index >= 15 is 0 Å². The van der Waals surface area contributed by atoms with Crippen molar-refractivity contribution in [2.45, 2.75) is 37.1 Å². The molecule has 1 rings (SSSR count). The lowest BCUT2D eigenvalue weighted by molar-refractivity contribution is -0.139. The molecule has 0 fully saturated rings. The van der Waals surface area contributed by atoms with Gasteiger partial charge >= 0.3 is 5.97 Å². The van der Waals surface area contributed by atoms with Gasteiger partial charge in [-0.25, -0.2) is 17.5 Å². The zero-order valence-corrected chi connectivity index (χ0v) is 14.3. The van der Waals surface area contributed by atoms with Crippen LogP contribution in [0.5, 0.6) is 0 Å². The second-order valence-electron chi connectivity index (χ2n) is 4.91. The molecule has 1 aromatic rings. The van der Waals surface area contributed by atoms with Gasteiger partial charge in [0.1, 0.15) is 15.8 Å². The molecule has 9 heteroatoms. The number of rotatable bonds is 8. The van der Waals surface area contributed by atoms with Crippen molar-refractivity contribution in [1.82, 2.24) is 9.62 Å². The van der Waals surface area contributed by atoms with E-state index in [-0.39, 0.29) is 9.77 Å². The van der Waals surface area contributed by atoms with E-state index in [4.69, 9.17) is 5.11 Å². The molecule has 0 bridgehead atoms. The summed E-state index contributed by atoms with van der Waals surface area (Å²) in [7, 11) is -1.00. The number of hydrogen-bond acceptors (Lipinski definition) is 5. The van der Waals surface area contributed by atoms with Gasteiger partial charge in [-0.1, -0.05) is 19.8 Å². The Labute approximate surface area is 134 Å². The average molecular weight is 348 g/mol. The van der Waals surface area contributed by atoms with Crippen molar-refractivity contribution in [3.8, 4) is 0 Å². The van der Waals surface area contributed by atoms with Gasteiger partial charge in [0.15, 0.2) is 0 Å². The SMILES string of the molecule is CCCCC(NC(=O)c1sccc1S(=O)(=O)N(C)C)C(=O)O. The Morgan fingerprint density at radius 2 is 2.05 bits per heavy atom. The Morgan fingerprint density at radius 3 is 2.55 bits per heavy atom. The summed E-state index contributed by atoms with van der Waals surface area (Å²) < 4.78 is 25.3. The maximum Gasteiger partial charge on any atom is 0.326 e. The molecule has 1 heterocycles. The molecule has 7 nitrogen and oxygen atoms in total. The van der Waals surface area contributed by atoms with Gasteiger partial charge in [-0.05, 0) is 17.9 Å². The number of amides is 1. The fourth-order valence-corrected chi connectivity index (χ4v) is 3.95. The normalized spacial score (nSPS) is 13.1. The third-order valence-electron chi connectivity index (χ3n) is 3.04. The van der Waals surface area contributed by atoms with Crippen molar-refractivity contribution in [3.05, 3.63) is 16.3 Å². The van der Waals surface area contributed by atoms with Crippen molar-refractivity contribution in [3.63, 3.8) is 0 Å². The lowest BCUT2D eigenvalue weighted by atomic mass is 10.1. The summed E-state index contributed by atoms with van der Waals surface area (Å²) >= 11 is 0.969. The number of carbonyl (C=O) groups excluding carboxylic acids is 1. The molecule has 22 heavy (non-hydrogen) atoms. The first-order valence-electron chi connectivity index (χ1n) is 6.75. The molecule has 0 spiro atoms. The van der Waals surface area contributed by atoms with Crippen LogP contribution in [0.3, 0.4) is 0 Å². The van der Waals surface area contributed by atoms with Gasteiger partial charge in [0.05, 0.1) is 0 Å². The van der Waals surface area contributed by atoms with Crippen LogP contribution in [0.4, 0.5) is 0 Å². The van der Waals surface area contributed by atoms with Crippen LogP contribution in [-0.4, -0.2) is 49.8 Å². The number of hydrogen-bond donors (Lipinski definition) is 2. The third kappa shape index (κ3) is 4.28. The second kappa shape index (κ2) is 7.70. The maximum absolute atomic E-state index is 12.2. The van der Waals surface area contributed by atoms with Crippen molar-refractivity contribution < 1.29 is 23.1 Å². The number of carboxylic acid groups (broad SMARTS) is 1. The number of sulfonamides is 1. The van der Waals surface area contributed by atoms with Crippen molar-refractivity contribution in [1.29, 1.82) is 0 Å². The van der Waals surface area contributed by atoms with Crippen LogP contribution in [0.1, 0.15) is 35.9 Å². The molecule has 0 radical (unpaired) electrons. The first kappa shape index (κ1) is 18.6. The molecule has 1 amide bonds. The molecule has 0 saturated carbocycles. The molecule has 1 unspecified atom stereocenters. The topological polar surface area (TPSA) is 104 Å². The molecule has 1 atom stereocenters.